The van der Waals surface area contributed by atoms with E-state index in [1.165, 1.54) is 18.4 Å². The molecule has 6 nitrogen and oxygen atoms in total. The third-order valence-electron chi connectivity index (χ3n) is 2.54. The molecule has 106 valence electrons. The molecule has 2 rings (SSSR count). The fourth-order valence-electron chi connectivity index (χ4n) is 1.63. The van der Waals surface area contributed by atoms with Gasteiger partial charge in [0.1, 0.15) is 23.1 Å². The molecule has 0 aliphatic heterocycles. The fraction of sp³-hybridized carbons (Fsp3) is 0.231. The second-order valence-corrected chi connectivity index (χ2v) is 4.97. The van der Waals surface area contributed by atoms with E-state index in [1.807, 2.05) is 24.3 Å². The Labute approximate surface area is 120 Å². The van der Waals surface area contributed by atoms with Gasteiger partial charge in [-0.2, -0.15) is 0 Å². The SMILES string of the molecule is COCC(=O)Nc1nc(-c2ccc(OC)cc2)c(N)s1. The molecule has 0 radical (unpaired) electrons. The molecular formula is C13H15N3O3S. The Morgan fingerprint density at radius 3 is 2.65 bits per heavy atom. The molecule has 1 aromatic heterocycles. The first kappa shape index (κ1) is 14.3. The first-order valence-electron chi connectivity index (χ1n) is 5.83. The van der Waals surface area contributed by atoms with Crippen molar-refractivity contribution in [3.8, 4) is 17.0 Å². The van der Waals surface area contributed by atoms with Crippen molar-refractivity contribution in [3.63, 3.8) is 0 Å². The lowest BCUT2D eigenvalue weighted by molar-refractivity contribution is -0.119. The van der Waals surface area contributed by atoms with Crippen molar-refractivity contribution in [2.75, 3.05) is 31.9 Å². The van der Waals surface area contributed by atoms with Gasteiger partial charge in [0.2, 0.25) is 0 Å². The lowest BCUT2D eigenvalue weighted by Gasteiger charge is -2.01. The summed E-state index contributed by atoms with van der Waals surface area (Å²) < 4.78 is 9.84. The molecule has 0 bridgehead atoms. The standard InChI is InChI=1S/C13H15N3O3S/c1-18-7-10(17)15-13-16-11(12(14)20-13)8-3-5-9(19-2)6-4-8/h3-6H,7,14H2,1-2H3,(H,15,16,17). The quantitative estimate of drug-likeness (QED) is 0.880. The van der Waals surface area contributed by atoms with Crippen LogP contribution >= 0.6 is 11.3 Å². The summed E-state index contributed by atoms with van der Waals surface area (Å²) in [6.07, 6.45) is 0. The first-order valence-corrected chi connectivity index (χ1v) is 6.65. The molecule has 7 heteroatoms. The normalized spacial score (nSPS) is 10.3. The van der Waals surface area contributed by atoms with Gasteiger partial charge in [-0.1, -0.05) is 11.3 Å². The van der Waals surface area contributed by atoms with Crippen LogP contribution in [0.2, 0.25) is 0 Å². The minimum absolute atomic E-state index is 0.0165. The summed E-state index contributed by atoms with van der Waals surface area (Å²) >= 11 is 1.22. The largest absolute Gasteiger partial charge is 0.497 e. The van der Waals surface area contributed by atoms with Gasteiger partial charge in [0, 0.05) is 12.7 Å². The minimum atomic E-state index is -0.262. The smallest absolute Gasteiger partial charge is 0.252 e. The molecule has 0 unspecified atom stereocenters. The summed E-state index contributed by atoms with van der Waals surface area (Å²) in [5.41, 5.74) is 7.45. The maximum atomic E-state index is 11.4. The van der Waals surface area contributed by atoms with Crippen molar-refractivity contribution in [1.82, 2.24) is 4.98 Å². The molecule has 1 amide bonds. The minimum Gasteiger partial charge on any atom is -0.497 e. The Morgan fingerprint density at radius 1 is 1.35 bits per heavy atom. The number of carbonyl (C=O) groups is 1. The van der Waals surface area contributed by atoms with E-state index in [0.717, 1.165) is 11.3 Å². The molecule has 20 heavy (non-hydrogen) atoms. The highest BCUT2D eigenvalue weighted by atomic mass is 32.1. The third kappa shape index (κ3) is 3.25. The topological polar surface area (TPSA) is 86.5 Å². The van der Waals surface area contributed by atoms with E-state index in [0.29, 0.717) is 15.8 Å². The summed E-state index contributed by atoms with van der Waals surface area (Å²) in [6.45, 7) is -0.0165. The van der Waals surface area contributed by atoms with Gasteiger partial charge >= 0.3 is 0 Å². The van der Waals surface area contributed by atoms with Crippen LogP contribution in [0.1, 0.15) is 0 Å². The lowest BCUT2D eigenvalue weighted by atomic mass is 10.1. The second kappa shape index (κ2) is 6.36. The highest BCUT2D eigenvalue weighted by Crippen LogP contribution is 2.33. The average molecular weight is 293 g/mol. The number of amides is 1. The number of nitrogens with zero attached hydrogens (tertiary/aromatic N) is 1. The number of nitrogens with one attached hydrogen (secondary N) is 1. The Hall–Kier alpha value is -2.12. The number of nitrogens with two attached hydrogens (primary N) is 1. The first-order chi connectivity index (χ1) is 9.63. The predicted molar refractivity (Wildman–Crippen MR) is 79.0 cm³/mol. The van der Waals surface area contributed by atoms with Crippen LogP contribution in [0.25, 0.3) is 11.3 Å². The number of hydrogen-bond donors (Lipinski definition) is 2. The zero-order valence-electron chi connectivity index (χ0n) is 11.2. The predicted octanol–water partition coefficient (Wildman–Crippen LogP) is 1.99. The van der Waals surface area contributed by atoms with Gasteiger partial charge in [-0.3, -0.25) is 10.1 Å². The van der Waals surface area contributed by atoms with Crippen LogP contribution in [0.15, 0.2) is 24.3 Å². The maximum Gasteiger partial charge on any atom is 0.252 e. The van der Waals surface area contributed by atoms with Crippen LogP contribution in [0.5, 0.6) is 5.75 Å². The van der Waals surface area contributed by atoms with Crippen LogP contribution in [0.3, 0.4) is 0 Å². The van der Waals surface area contributed by atoms with E-state index in [9.17, 15) is 4.79 Å². The molecular weight excluding hydrogens is 278 g/mol. The number of carbonyl (C=O) groups excluding carboxylic acids is 1. The number of thiazole rings is 1. The lowest BCUT2D eigenvalue weighted by Crippen LogP contribution is -2.16. The molecule has 2 aromatic rings. The molecule has 1 aromatic carbocycles. The van der Waals surface area contributed by atoms with Crippen molar-refractivity contribution in [1.29, 1.82) is 0 Å². The zero-order valence-corrected chi connectivity index (χ0v) is 12.0. The monoisotopic (exact) mass is 293 g/mol. The van der Waals surface area contributed by atoms with Crippen molar-refractivity contribution in [2.45, 2.75) is 0 Å². The van der Waals surface area contributed by atoms with Gasteiger partial charge < -0.3 is 15.2 Å². The molecule has 0 fully saturated rings. The molecule has 0 spiro atoms. The van der Waals surface area contributed by atoms with Crippen LogP contribution < -0.4 is 15.8 Å². The number of ether oxygens (including phenoxy) is 2. The summed E-state index contributed by atoms with van der Waals surface area (Å²) in [5.74, 6) is 0.499. The van der Waals surface area contributed by atoms with Gasteiger partial charge in [-0.25, -0.2) is 4.98 Å². The van der Waals surface area contributed by atoms with Crippen LogP contribution in [0, 0.1) is 0 Å². The van der Waals surface area contributed by atoms with Crippen LogP contribution in [0.4, 0.5) is 10.1 Å². The fourth-order valence-corrected chi connectivity index (χ4v) is 2.40. The molecule has 1 heterocycles. The van der Waals surface area contributed by atoms with Gasteiger partial charge in [0.15, 0.2) is 5.13 Å². The Bertz CT molecular complexity index is 595. The number of hydrogen-bond acceptors (Lipinski definition) is 6. The molecule has 0 aliphatic rings. The van der Waals surface area contributed by atoms with Crippen molar-refractivity contribution < 1.29 is 14.3 Å². The van der Waals surface area contributed by atoms with Gasteiger partial charge in [-0.15, -0.1) is 0 Å². The molecule has 3 N–H and O–H groups in total. The van der Waals surface area contributed by atoms with Crippen LogP contribution in [-0.4, -0.2) is 31.7 Å². The Balaban J connectivity index is 2.19. The number of aromatic nitrogens is 1. The second-order valence-electron chi connectivity index (χ2n) is 3.94. The third-order valence-corrected chi connectivity index (χ3v) is 3.34. The summed E-state index contributed by atoms with van der Waals surface area (Å²) in [4.78, 5) is 15.7. The molecule has 0 saturated carbocycles. The number of nitrogen functional groups attached to an aromatic ring is 1. The molecule has 0 saturated heterocycles. The van der Waals surface area contributed by atoms with E-state index in [1.54, 1.807) is 7.11 Å². The van der Waals surface area contributed by atoms with E-state index >= 15 is 0 Å². The van der Waals surface area contributed by atoms with E-state index in [4.69, 9.17) is 15.2 Å². The van der Waals surface area contributed by atoms with E-state index in [2.05, 4.69) is 10.3 Å². The Morgan fingerprint density at radius 2 is 2.05 bits per heavy atom. The number of methoxy groups -OCH3 is 2. The van der Waals surface area contributed by atoms with Crippen molar-refractivity contribution >= 4 is 27.4 Å². The van der Waals surface area contributed by atoms with Gasteiger partial charge in [0.25, 0.3) is 5.91 Å². The average Bonchev–Trinajstić information content (AvgIpc) is 2.80. The van der Waals surface area contributed by atoms with E-state index in [-0.39, 0.29) is 12.5 Å². The highest BCUT2D eigenvalue weighted by Gasteiger charge is 2.12. The summed E-state index contributed by atoms with van der Waals surface area (Å²) in [6, 6.07) is 7.39. The number of rotatable bonds is 5. The zero-order chi connectivity index (χ0) is 14.5. The maximum absolute atomic E-state index is 11.4. The summed E-state index contributed by atoms with van der Waals surface area (Å²) in [7, 11) is 3.06. The highest BCUT2D eigenvalue weighted by molar-refractivity contribution is 7.20. The van der Waals surface area contributed by atoms with Gasteiger partial charge in [0.05, 0.1) is 7.11 Å². The number of benzene rings is 1. The summed E-state index contributed by atoms with van der Waals surface area (Å²) in [5, 5.41) is 3.63. The van der Waals surface area contributed by atoms with E-state index < -0.39 is 0 Å². The van der Waals surface area contributed by atoms with Crippen molar-refractivity contribution in [3.05, 3.63) is 24.3 Å². The molecule has 0 atom stereocenters. The van der Waals surface area contributed by atoms with Gasteiger partial charge in [-0.05, 0) is 24.3 Å². The number of anilines is 2. The van der Waals surface area contributed by atoms with Crippen molar-refractivity contribution in [2.24, 2.45) is 0 Å². The van der Waals surface area contributed by atoms with Crippen LogP contribution in [-0.2, 0) is 9.53 Å². The molecule has 0 aliphatic carbocycles. The Kier molecular flexibility index (Phi) is 4.54.